The Balaban J connectivity index is 2.48. The zero-order chi connectivity index (χ0) is 13.4. The summed E-state index contributed by atoms with van der Waals surface area (Å²) >= 11 is 0. The van der Waals surface area contributed by atoms with Crippen LogP contribution in [0.2, 0.25) is 0 Å². The van der Waals surface area contributed by atoms with Gasteiger partial charge < -0.3 is 20.3 Å². The third-order valence-corrected chi connectivity index (χ3v) is 3.17. The molecule has 0 aliphatic rings. The summed E-state index contributed by atoms with van der Waals surface area (Å²) in [5, 5.41) is 22.1. The number of aliphatic hydroxyl groups excluding tert-OH is 1. The molecule has 102 valence electrons. The first kappa shape index (κ1) is 14.8. The van der Waals surface area contributed by atoms with E-state index in [0.717, 1.165) is 24.9 Å². The number of phenolic OH excluding ortho intramolecular Hbond substituents is 1. The lowest BCUT2D eigenvalue weighted by atomic mass is 10.0. The fraction of sp³-hybridized carbons (Fsp3) is 0.571. The van der Waals surface area contributed by atoms with Gasteiger partial charge >= 0.3 is 0 Å². The first-order valence-corrected chi connectivity index (χ1v) is 6.39. The topological polar surface area (TPSA) is 61.7 Å². The molecule has 0 saturated carbocycles. The van der Waals surface area contributed by atoms with Gasteiger partial charge in [0.2, 0.25) is 0 Å². The molecule has 0 aromatic heterocycles. The molecule has 0 aliphatic heterocycles. The average molecular weight is 253 g/mol. The van der Waals surface area contributed by atoms with E-state index in [9.17, 15) is 5.11 Å². The smallest absolute Gasteiger partial charge is 0.162 e. The van der Waals surface area contributed by atoms with E-state index in [1.54, 1.807) is 13.2 Å². The highest BCUT2D eigenvalue weighted by Gasteiger charge is 2.08. The number of aliphatic hydroxyl groups is 1. The van der Waals surface area contributed by atoms with Crippen molar-refractivity contribution in [3.05, 3.63) is 23.8 Å². The number of hydrogen-bond acceptors (Lipinski definition) is 4. The number of methoxy groups -OCH3 is 1. The summed E-state index contributed by atoms with van der Waals surface area (Å²) < 4.78 is 5.06. The molecule has 1 atom stereocenters. The van der Waals surface area contributed by atoms with Crippen molar-refractivity contribution >= 4 is 0 Å². The van der Waals surface area contributed by atoms with Crippen LogP contribution in [0.4, 0.5) is 0 Å². The molecule has 3 N–H and O–H groups in total. The summed E-state index contributed by atoms with van der Waals surface area (Å²) in [7, 11) is 1.54. The Morgan fingerprint density at radius 1 is 1.39 bits per heavy atom. The molecule has 4 nitrogen and oxygen atoms in total. The molecule has 0 amide bonds. The minimum absolute atomic E-state index is 0.197. The number of hydrogen-bond donors (Lipinski definition) is 3. The standard InChI is InChI=1S/C14H23NO3/c1-3-11(7-8-16)9-15-10-12-5-4-6-13(18-2)14(12)17/h4-6,11,15-17H,3,7-10H2,1-2H3. The SMILES string of the molecule is CCC(CCO)CNCc1cccc(OC)c1O. The summed E-state index contributed by atoms with van der Waals surface area (Å²) in [6.45, 7) is 3.79. The summed E-state index contributed by atoms with van der Waals surface area (Å²) in [5.74, 6) is 1.17. The number of benzene rings is 1. The Kier molecular flexibility index (Phi) is 6.54. The maximum absolute atomic E-state index is 9.91. The van der Waals surface area contributed by atoms with Crippen molar-refractivity contribution in [1.29, 1.82) is 0 Å². The fourth-order valence-corrected chi connectivity index (χ4v) is 1.92. The maximum Gasteiger partial charge on any atom is 0.162 e. The number of para-hydroxylation sites is 1. The predicted molar refractivity (Wildman–Crippen MR) is 71.8 cm³/mol. The minimum Gasteiger partial charge on any atom is -0.504 e. The highest BCUT2D eigenvalue weighted by atomic mass is 16.5. The van der Waals surface area contributed by atoms with Crippen LogP contribution in [-0.4, -0.2) is 30.5 Å². The molecular weight excluding hydrogens is 230 g/mol. The van der Waals surface area contributed by atoms with E-state index >= 15 is 0 Å². The van der Waals surface area contributed by atoms with Gasteiger partial charge in [0.15, 0.2) is 11.5 Å². The lowest BCUT2D eigenvalue weighted by Gasteiger charge is -2.15. The highest BCUT2D eigenvalue weighted by molar-refractivity contribution is 5.45. The Labute approximate surface area is 109 Å². The van der Waals surface area contributed by atoms with Crippen molar-refractivity contribution in [3.63, 3.8) is 0 Å². The number of ether oxygens (including phenoxy) is 1. The van der Waals surface area contributed by atoms with Crippen LogP contribution in [0.1, 0.15) is 25.3 Å². The van der Waals surface area contributed by atoms with E-state index in [1.807, 2.05) is 12.1 Å². The number of rotatable bonds is 8. The Morgan fingerprint density at radius 2 is 2.17 bits per heavy atom. The second-order valence-corrected chi connectivity index (χ2v) is 4.39. The molecule has 4 heteroatoms. The molecule has 0 fully saturated rings. The molecule has 1 aromatic carbocycles. The zero-order valence-electron chi connectivity index (χ0n) is 11.1. The Hall–Kier alpha value is -1.26. The minimum atomic E-state index is 0.197. The van der Waals surface area contributed by atoms with Gasteiger partial charge in [-0.2, -0.15) is 0 Å². The second-order valence-electron chi connectivity index (χ2n) is 4.39. The number of nitrogens with one attached hydrogen (secondary N) is 1. The van der Waals surface area contributed by atoms with Crippen LogP contribution in [0.5, 0.6) is 11.5 Å². The number of aromatic hydroxyl groups is 1. The summed E-state index contributed by atoms with van der Waals surface area (Å²) in [4.78, 5) is 0. The molecule has 0 heterocycles. The van der Waals surface area contributed by atoms with Crippen LogP contribution < -0.4 is 10.1 Å². The summed E-state index contributed by atoms with van der Waals surface area (Å²) in [6, 6.07) is 5.47. The van der Waals surface area contributed by atoms with Gasteiger partial charge in [-0.1, -0.05) is 25.5 Å². The van der Waals surface area contributed by atoms with Crippen molar-refractivity contribution in [2.75, 3.05) is 20.3 Å². The van der Waals surface area contributed by atoms with E-state index in [1.165, 1.54) is 0 Å². The molecule has 0 saturated heterocycles. The molecule has 0 bridgehead atoms. The van der Waals surface area contributed by atoms with Gasteiger partial charge in [0.05, 0.1) is 7.11 Å². The van der Waals surface area contributed by atoms with Crippen molar-refractivity contribution in [2.45, 2.75) is 26.3 Å². The fourth-order valence-electron chi connectivity index (χ4n) is 1.92. The van der Waals surface area contributed by atoms with Gasteiger partial charge in [0.1, 0.15) is 0 Å². The van der Waals surface area contributed by atoms with Crippen LogP contribution >= 0.6 is 0 Å². The van der Waals surface area contributed by atoms with Crippen LogP contribution in [0.15, 0.2) is 18.2 Å². The van der Waals surface area contributed by atoms with Gasteiger partial charge in [0, 0.05) is 18.7 Å². The largest absolute Gasteiger partial charge is 0.504 e. The van der Waals surface area contributed by atoms with Gasteiger partial charge in [-0.15, -0.1) is 0 Å². The summed E-state index contributed by atoms with van der Waals surface area (Å²) in [6.07, 6.45) is 1.85. The molecule has 18 heavy (non-hydrogen) atoms. The molecule has 1 aromatic rings. The van der Waals surface area contributed by atoms with E-state index < -0.39 is 0 Å². The molecule has 1 unspecified atom stereocenters. The van der Waals surface area contributed by atoms with Gasteiger partial charge in [0.25, 0.3) is 0 Å². The average Bonchev–Trinajstić information content (AvgIpc) is 2.39. The van der Waals surface area contributed by atoms with E-state index in [-0.39, 0.29) is 12.4 Å². The maximum atomic E-state index is 9.91. The van der Waals surface area contributed by atoms with Crippen LogP contribution in [-0.2, 0) is 6.54 Å². The van der Waals surface area contributed by atoms with E-state index in [4.69, 9.17) is 9.84 Å². The van der Waals surface area contributed by atoms with Gasteiger partial charge in [-0.3, -0.25) is 0 Å². The molecular formula is C14H23NO3. The highest BCUT2D eigenvalue weighted by Crippen LogP contribution is 2.29. The molecule has 0 radical (unpaired) electrons. The quantitative estimate of drug-likeness (QED) is 0.662. The van der Waals surface area contributed by atoms with Crippen molar-refractivity contribution < 1.29 is 14.9 Å². The third-order valence-electron chi connectivity index (χ3n) is 3.17. The number of phenols is 1. The predicted octanol–water partition coefficient (Wildman–Crippen LogP) is 1.90. The van der Waals surface area contributed by atoms with Crippen LogP contribution in [0.25, 0.3) is 0 Å². The lowest BCUT2D eigenvalue weighted by Crippen LogP contribution is -2.23. The Bertz CT molecular complexity index is 355. The molecule has 1 rings (SSSR count). The van der Waals surface area contributed by atoms with Gasteiger partial charge in [-0.25, -0.2) is 0 Å². The second kappa shape index (κ2) is 7.95. The molecule has 0 aliphatic carbocycles. The zero-order valence-corrected chi connectivity index (χ0v) is 11.1. The van der Waals surface area contributed by atoms with Crippen molar-refractivity contribution in [2.24, 2.45) is 5.92 Å². The third kappa shape index (κ3) is 4.20. The monoisotopic (exact) mass is 253 g/mol. The molecule has 0 spiro atoms. The lowest BCUT2D eigenvalue weighted by molar-refractivity contribution is 0.251. The normalized spacial score (nSPS) is 12.4. The van der Waals surface area contributed by atoms with Gasteiger partial charge in [-0.05, 0) is 24.9 Å². The summed E-state index contributed by atoms with van der Waals surface area (Å²) in [5.41, 5.74) is 0.827. The van der Waals surface area contributed by atoms with Crippen LogP contribution in [0.3, 0.4) is 0 Å². The first-order valence-electron chi connectivity index (χ1n) is 6.39. The first-order chi connectivity index (χ1) is 8.72. The van der Waals surface area contributed by atoms with Crippen LogP contribution in [0, 0.1) is 5.92 Å². The van der Waals surface area contributed by atoms with Crippen molar-refractivity contribution in [3.8, 4) is 11.5 Å². The Morgan fingerprint density at radius 3 is 2.78 bits per heavy atom. The van der Waals surface area contributed by atoms with Crippen molar-refractivity contribution in [1.82, 2.24) is 5.32 Å². The van der Waals surface area contributed by atoms with E-state index in [2.05, 4.69) is 12.2 Å². The van der Waals surface area contributed by atoms with E-state index in [0.29, 0.717) is 18.2 Å².